The first-order chi connectivity index (χ1) is 8.76. The number of aryl methyl sites for hydroxylation is 1. The van der Waals surface area contributed by atoms with E-state index in [1.165, 1.54) is 30.4 Å². The second-order valence-electron chi connectivity index (χ2n) is 5.47. The Bertz CT molecular complexity index is 404. The summed E-state index contributed by atoms with van der Waals surface area (Å²) < 4.78 is 0. The molecule has 1 aromatic carbocycles. The van der Waals surface area contributed by atoms with Gasteiger partial charge in [0.1, 0.15) is 5.78 Å². The fourth-order valence-corrected chi connectivity index (χ4v) is 3.22. The summed E-state index contributed by atoms with van der Waals surface area (Å²) in [7, 11) is 0. The summed E-state index contributed by atoms with van der Waals surface area (Å²) in [6, 6.07) is 8.67. The first kappa shape index (κ1) is 13.3. The van der Waals surface area contributed by atoms with Gasteiger partial charge in [0.15, 0.2) is 0 Å². The third kappa shape index (κ3) is 2.82. The van der Waals surface area contributed by atoms with E-state index in [-0.39, 0.29) is 5.92 Å². The monoisotopic (exact) mass is 244 g/mol. The Labute approximate surface area is 111 Å². The van der Waals surface area contributed by atoms with Crippen molar-refractivity contribution in [2.75, 3.05) is 0 Å². The zero-order chi connectivity index (χ0) is 13.0. The van der Waals surface area contributed by atoms with Crippen molar-refractivity contribution < 1.29 is 4.79 Å². The van der Waals surface area contributed by atoms with Gasteiger partial charge in [-0.3, -0.25) is 4.79 Å². The molecule has 0 saturated carbocycles. The maximum Gasteiger partial charge on any atom is 0.136 e. The molecule has 0 heterocycles. The lowest BCUT2D eigenvalue weighted by molar-refractivity contribution is -0.123. The fourth-order valence-electron chi connectivity index (χ4n) is 3.22. The summed E-state index contributed by atoms with van der Waals surface area (Å²) in [6.07, 6.45) is 6.34. The second-order valence-corrected chi connectivity index (χ2v) is 5.47. The number of rotatable bonds is 5. The van der Waals surface area contributed by atoms with Crippen LogP contribution < -0.4 is 0 Å². The van der Waals surface area contributed by atoms with Crippen LogP contribution in [0.15, 0.2) is 24.3 Å². The molecule has 1 unspecified atom stereocenters. The molecule has 18 heavy (non-hydrogen) atoms. The van der Waals surface area contributed by atoms with Crippen LogP contribution in [0.1, 0.15) is 63.0 Å². The Kier molecular flexibility index (Phi) is 4.57. The SMILES string of the molecule is CCC(CC)C(=O)CC1CCCc2ccccc21. The number of fused-ring (bicyclic) bond motifs is 1. The highest BCUT2D eigenvalue weighted by atomic mass is 16.1. The van der Waals surface area contributed by atoms with Gasteiger partial charge in [-0.25, -0.2) is 0 Å². The lowest BCUT2D eigenvalue weighted by Gasteiger charge is -2.26. The second kappa shape index (κ2) is 6.17. The molecule has 0 fully saturated rings. The van der Waals surface area contributed by atoms with Crippen molar-refractivity contribution >= 4 is 5.78 Å². The maximum atomic E-state index is 12.3. The third-order valence-electron chi connectivity index (χ3n) is 4.38. The molecule has 1 atom stereocenters. The minimum atomic E-state index is 0.277. The molecule has 2 rings (SSSR count). The minimum Gasteiger partial charge on any atom is -0.299 e. The lowest BCUT2D eigenvalue weighted by Crippen LogP contribution is -2.19. The summed E-state index contributed by atoms with van der Waals surface area (Å²) in [5.41, 5.74) is 2.90. The van der Waals surface area contributed by atoms with E-state index in [9.17, 15) is 4.79 Å². The predicted molar refractivity (Wildman–Crippen MR) is 75.8 cm³/mol. The van der Waals surface area contributed by atoms with E-state index in [1.54, 1.807) is 0 Å². The summed E-state index contributed by atoms with van der Waals surface area (Å²) in [5.74, 6) is 1.23. The summed E-state index contributed by atoms with van der Waals surface area (Å²) in [6.45, 7) is 4.25. The topological polar surface area (TPSA) is 17.1 Å². The van der Waals surface area contributed by atoms with Crippen molar-refractivity contribution in [3.05, 3.63) is 35.4 Å². The molecule has 0 spiro atoms. The first-order valence-electron chi connectivity index (χ1n) is 7.36. The molecule has 1 aliphatic rings. The molecular formula is C17H24O. The average Bonchev–Trinajstić information content (AvgIpc) is 2.40. The first-order valence-corrected chi connectivity index (χ1v) is 7.36. The van der Waals surface area contributed by atoms with Gasteiger partial charge >= 0.3 is 0 Å². The van der Waals surface area contributed by atoms with Crippen LogP contribution in [-0.4, -0.2) is 5.78 Å². The average molecular weight is 244 g/mol. The van der Waals surface area contributed by atoms with Gasteiger partial charge in [0.2, 0.25) is 0 Å². The Morgan fingerprint density at radius 3 is 2.72 bits per heavy atom. The highest BCUT2D eigenvalue weighted by molar-refractivity contribution is 5.81. The van der Waals surface area contributed by atoms with Gasteiger partial charge in [0, 0.05) is 12.3 Å². The van der Waals surface area contributed by atoms with Crippen molar-refractivity contribution in [3.8, 4) is 0 Å². The normalized spacial score (nSPS) is 18.7. The van der Waals surface area contributed by atoms with E-state index in [1.807, 2.05) is 0 Å². The predicted octanol–water partition coefficient (Wildman–Crippen LogP) is 4.50. The fraction of sp³-hybridized carbons (Fsp3) is 0.588. The van der Waals surface area contributed by atoms with Crippen LogP contribution in [0.4, 0.5) is 0 Å². The van der Waals surface area contributed by atoms with Crippen molar-refractivity contribution in [1.82, 2.24) is 0 Å². The smallest absolute Gasteiger partial charge is 0.136 e. The Balaban J connectivity index is 2.09. The van der Waals surface area contributed by atoms with Crippen molar-refractivity contribution in [2.24, 2.45) is 5.92 Å². The van der Waals surface area contributed by atoms with Gasteiger partial charge in [0.25, 0.3) is 0 Å². The molecule has 0 bridgehead atoms. The van der Waals surface area contributed by atoms with Crippen molar-refractivity contribution in [3.63, 3.8) is 0 Å². The van der Waals surface area contributed by atoms with Crippen LogP contribution in [0.3, 0.4) is 0 Å². The molecule has 0 saturated heterocycles. The minimum absolute atomic E-state index is 0.277. The van der Waals surface area contributed by atoms with E-state index in [4.69, 9.17) is 0 Å². The largest absolute Gasteiger partial charge is 0.299 e. The van der Waals surface area contributed by atoms with E-state index < -0.39 is 0 Å². The van der Waals surface area contributed by atoms with Gasteiger partial charge in [-0.2, -0.15) is 0 Å². The van der Waals surface area contributed by atoms with Crippen LogP contribution in [-0.2, 0) is 11.2 Å². The molecule has 0 aliphatic heterocycles. The molecule has 0 amide bonds. The number of hydrogen-bond acceptors (Lipinski definition) is 1. The molecule has 1 heteroatoms. The van der Waals surface area contributed by atoms with Gasteiger partial charge in [-0.1, -0.05) is 38.1 Å². The number of hydrogen-bond donors (Lipinski definition) is 0. The Morgan fingerprint density at radius 2 is 2.00 bits per heavy atom. The van der Waals surface area contributed by atoms with Crippen LogP contribution in [0, 0.1) is 5.92 Å². The standard InChI is InChI=1S/C17H24O/c1-3-13(4-2)17(18)12-15-10-7-9-14-8-5-6-11-16(14)15/h5-6,8,11,13,15H,3-4,7,9-10,12H2,1-2H3. The van der Waals surface area contributed by atoms with Crippen LogP contribution in [0.25, 0.3) is 0 Å². The van der Waals surface area contributed by atoms with E-state index >= 15 is 0 Å². The van der Waals surface area contributed by atoms with Crippen LogP contribution in [0.2, 0.25) is 0 Å². The van der Waals surface area contributed by atoms with Crippen molar-refractivity contribution in [2.45, 2.75) is 58.3 Å². The van der Waals surface area contributed by atoms with Gasteiger partial charge in [-0.15, -0.1) is 0 Å². The summed E-state index contributed by atoms with van der Waals surface area (Å²) in [5, 5.41) is 0. The Hall–Kier alpha value is -1.11. The number of benzene rings is 1. The molecular weight excluding hydrogens is 220 g/mol. The van der Waals surface area contributed by atoms with Crippen LogP contribution >= 0.6 is 0 Å². The lowest BCUT2D eigenvalue weighted by atomic mass is 9.78. The van der Waals surface area contributed by atoms with Crippen LogP contribution in [0.5, 0.6) is 0 Å². The molecule has 0 radical (unpaired) electrons. The summed E-state index contributed by atoms with van der Waals surface area (Å²) >= 11 is 0. The molecule has 1 aromatic rings. The Morgan fingerprint density at radius 1 is 1.28 bits per heavy atom. The quantitative estimate of drug-likeness (QED) is 0.745. The van der Waals surface area contributed by atoms with E-state index in [0.717, 1.165) is 19.3 Å². The maximum absolute atomic E-state index is 12.3. The highest BCUT2D eigenvalue weighted by Gasteiger charge is 2.24. The number of carbonyl (C=O) groups excluding carboxylic acids is 1. The highest BCUT2D eigenvalue weighted by Crippen LogP contribution is 2.35. The van der Waals surface area contributed by atoms with E-state index in [2.05, 4.69) is 38.1 Å². The molecule has 0 aromatic heterocycles. The van der Waals surface area contributed by atoms with E-state index in [0.29, 0.717) is 11.7 Å². The van der Waals surface area contributed by atoms with Gasteiger partial charge < -0.3 is 0 Å². The summed E-state index contributed by atoms with van der Waals surface area (Å²) in [4.78, 5) is 12.3. The zero-order valence-electron chi connectivity index (χ0n) is 11.6. The zero-order valence-corrected chi connectivity index (χ0v) is 11.6. The molecule has 1 aliphatic carbocycles. The number of ketones is 1. The van der Waals surface area contributed by atoms with Gasteiger partial charge in [0.05, 0.1) is 0 Å². The number of carbonyl (C=O) groups is 1. The molecule has 98 valence electrons. The van der Waals surface area contributed by atoms with Gasteiger partial charge in [-0.05, 0) is 49.1 Å². The molecule has 1 nitrogen and oxygen atoms in total. The van der Waals surface area contributed by atoms with Crippen molar-refractivity contribution in [1.29, 1.82) is 0 Å². The molecule has 0 N–H and O–H groups in total. The third-order valence-corrected chi connectivity index (χ3v) is 4.38. The number of Topliss-reactive ketones (excluding diaryl/α,β-unsaturated/α-hetero) is 1.